The largest absolute Gasteiger partial charge is 0.372 e. The highest BCUT2D eigenvalue weighted by Crippen LogP contribution is 2.36. The molecule has 10 rings (SSSR count). The van der Waals surface area contributed by atoms with Crippen LogP contribution in [0, 0.1) is 5.92 Å². The molecule has 4 aliphatic heterocycles. The average molecular weight is 836 g/mol. The molecule has 5 amide bonds. The number of benzene rings is 3. The maximum Gasteiger partial charge on any atom is 0.262 e. The molecule has 16 heteroatoms. The first kappa shape index (κ1) is 39.5. The Morgan fingerprint density at radius 1 is 0.758 bits per heavy atom. The molecule has 62 heavy (non-hydrogen) atoms. The van der Waals surface area contributed by atoms with Crippen molar-refractivity contribution < 1.29 is 24.0 Å². The molecule has 4 fully saturated rings. The number of nitrogens with zero attached hydrogens (tertiary/aromatic N) is 8. The van der Waals surface area contributed by atoms with E-state index in [9.17, 15) is 24.0 Å². The van der Waals surface area contributed by atoms with Crippen molar-refractivity contribution in [1.29, 1.82) is 0 Å². The van der Waals surface area contributed by atoms with Gasteiger partial charge in [-0.05, 0) is 86.1 Å². The molecule has 6 heterocycles. The molecule has 0 bridgehead atoms. The minimum atomic E-state index is -0.968. The van der Waals surface area contributed by atoms with Gasteiger partial charge in [-0.25, -0.2) is 15.0 Å². The Hall–Kier alpha value is -6.68. The van der Waals surface area contributed by atoms with Crippen LogP contribution in [0.15, 0.2) is 85.5 Å². The number of piperazine rings is 1. The number of rotatable bonds is 11. The van der Waals surface area contributed by atoms with E-state index in [1.54, 1.807) is 18.5 Å². The number of anilines is 4. The third kappa shape index (κ3) is 7.85. The quantitative estimate of drug-likeness (QED) is 0.163. The van der Waals surface area contributed by atoms with Crippen molar-refractivity contribution >= 4 is 63.6 Å². The van der Waals surface area contributed by atoms with Crippen molar-refractivity contribution in [3.63, 3.8) is 0 Å². The molecule has 5 aliphatic rings. The highest BCUT2D eigenvalue weighted by molar-refractivity contribution is 6.23. The van der Waals surface area contributed by atoms with Gasteiger partial charge in [-0.1, -0.05) is 30.3 Å². The smallest absolute Gasteiger partial charge is 0.262 e. The van der Waals surface area contributed by atoms with Crippen LogP contribution in [0.25, 0.3) is 11.2 Å². The average Bonchev–Trinajstić information content (AvgIpc) is 3.81. The lowest BCUT2D eigenvalue weighted by atomic mass is 9.86. The predicted octanol–water partition coefficient (Wildman–Crippen LogP) is 4.07. The Balaban J connectivity index is 0.675. The molecule has 5 aromatic rings. The summed E-state index contributed by atoms with van der Waals surface area (Å²) in [5, 5.41) is 8.87. The normalized spacial score (nSPS) is 22.1. The van der Waals surface area contributed by atoms with Gasteiger partial charge in [0.25, 0.3) is 11.8 Å². The SMILES string of the molecule is O=C1CC[C@H](N2C(=O)c3ccc(N4CCN(CC5CCN(c6ccc(Nc7ncnc8c7ncn8C7CC(NC(=O)Cc8ccccc8)C7)cc6)CC5)CC4)cc3C2=O)C(=O)N1. The number of hydrogen-bond donors (Lipinski definition) is 3. The number of amides is 5. The fourth-order valence-electron chi connectivity index (χ4n) is 9.68. The van der Waals surface area contributed by atoms with E-state index in [1.165, 1.54) is 5.69 Å². The molecule has 3 N–H and O–H groups in total. The Kier molecular flexibility index (Phi) is 10.6. The minimum absolute atomic E-state index is 0.0449. The first-order chi connectivity index (χ1) is 30.2. The van der Waals surface area contributed by atoms with E-state index in [0.29, 0.717) is 34.8 Å². The van der Waals surface area contributed by atoms with Gasteiger partial charge in [-0.15, -0.1) is 0 Å². The van der Waals surface area contributed by atoms with Gasteiger partial charge in [0.1, 0.15) is 12.4 Å². The monoisotopic (exact) mass is 835 g/mol. The van der Waals surface area contributed by atoms with Crippen molar-refractivity contribution in [2.45, 2.75) is 63.1 Å². The Morgan fingerprint density at radius 2 is 1.48 bits per heavy atom. The Morgan fingerprint density at radius 3 is 2.24 bits per heavy atom. The summed E-state index contributed by atoms with van der Waals surface area (Å²) in [4.78, 5) is 85.2. The van der Waals surface area contributed by atoms with Gasteiger partial charge >= 0.3 is 0 Å². The molecule has 1 aliphatic carbocycles. The fourth-order valence-corrected chi connectivity index (χ4v) is 9.68. The topological polar surface area (TPSA) is 178 Å². The lowest BCUT2D eigenvalue weighted by molar-refractivity contribution is -0.136. The van der Waals surface area contributed by atoms with Crippen molar-refractivity contribution in [3.8, 4) is 0 Å². The van der Waals surface area contributed by atoms with Crippen LogP contribution in [-0.2, 0) is 20.8 Å². The van der Waals surface area contributed by atoms with Gasteiger partial charge in [0, 0.05) is 81.4 Å². The molecule has 3 saturated heterocycles. The van der Waals surface area contributed by atoms with Crippen molar-refractivity contribution in [3.05, 3.63) is 102 Å². The first-order valence-corrected chi connectivity index (χ1v) is 21.7. The molecule has 2 aromatic heterocycles. The maximum absolute atomic E-state index is 13.4. The summed E-state index contributed by atoms with van der Waals surface area (Å²) in [7, 11) is 0. The Labute approximate surface area is 358 Å². The van der Waals surface area contributed by atoms with E-state index >= 15 is 0 Å². The fraction of sp³-hybridized carbons (Fsp3) is 0.391. The molecular formula is C46H49N11O5. The molecule has 3 aromatic carbocycles. The molecule has 16 nitrogen and oxygen atoms in total. The molecule has 318 valence electrons. The van der Waals surface area contributed by atoms with E-state index < -0.39 is 23.8 Å². The third-order valence-corrected chi connectivity index (χ3v) is 13.2. The molecule has 0 spiro atoms. The summed E-state index contributed by atoms with van der Waals surface area (Å²) in [5.74, 6) is -0.628. The number of nitrogens with one attached hydrogen (secondary N) is 3. The van der Waals surface area contributed by atoms with Crippen LogP contribution in [-0.4, -0.2) is 117 Å². The van der Waals surface area contributed by atoms with Crippen LogP contribution < -0.4 is 25.8 Å². The summed E-state index contributed by atoms with van der Waals surface area (Å²) < 4.78 is 2.10. The second-order valence-corrected chi connectivity index (χ2v) is 17.2. The predicted molar refractivity (Wildman–Crippen MR) is 232 cm³/mol. The van der Waals surface area contributed by atoms with Crippen molar-refractivity contribution in [2.24, 2.45) is 5.92 Å². The summed E-state index contributed by atoms with van der Waals surface area (Å²) in [6.07, 6.45) is 7.93. The van der Waals surface area contributed by atoms with Crippen molar-refractivity contribution in [1.82, 2.24) is 40.0 Å². The lowest BCUT2D eigenvalue weighted by Crippen LogP contribution is -2.54. The van der Waals surface area contributed by atoms with Crippen LogP contribution in [0.4, 0.5) is 22.9 Å². The second kappa shape index (κ2) is 16.6. The van der Waals surface area contributed by atoms with Gasteiger partial charge in [0.2, 0.25) is 17.7 Å². The van der Waals surface area contributed by atoms with Crippen LogP contribution >= 0.6 is 0 Å². The Bertz CT molecular complexity index is 2520. The lowest BCUT2D eigenvalue weighted by Gasteiger charge is -2.40. The van der Waals surface area contributed by atoms with E-state index in [2.05, 4.69) is 74.4 Å². The van der Waals surface area contributed by atoms with Gasteiger partial charge in [-0.2, -0.15) is 0 Å². The second-order valence-electron chi connectivity index (χ2n) is 17.2. The van der Waals surface area contributed by atoms with Gasteiger partial charge in [-0.3, -0.25) is 39.1 Å². The van der Waals surface area contributed by atoms with Gasteiger partial charge < -0.3 is 25.0 Å². The van der Waals surface area contributed by atoms with E-state index in [-0.39, 0.29) is 36.7 Å². The molecule has 1 atom stereocenters. The number of imidazole rings is 1. The van der Waals surface area contributed by atoms with Crippen LogP contribution in [0.3, 0.4) is 0 Å². The van der Waals surface area contributed by atoms with Crippen molar-refractivity contribution in [2.75, 3.05) is 60.9 Å². The first-order valence-electron chi connectivity index (χ1n) is 21.7. The number of fused-ring (bicyclic) bond motifs is 2. The molecule has 0 radical (unpaired) electrons. The zero-order valence-corrected chi connectivity index (χ0v) is 34.4. The highest BCUT2D eigenvalue weighted by atomic mass is 16.2. The van der Waals surface area contributed by atoms with E-state index in [4.69, 9.17) is 0 Å². The van der Waals surface area contributed by atoms with Crippen LogP contribution in [0.2, 0.25) is 0 Å². The van der Waals surface area contributed by atoms with Gasteiger partial charge in [0.15, 0.2) is 17.0 Å². The maximum atomic E-state index is 13.4. The zero-order chi connectivity index (χ0) is 42.3. The van der Waals surface area contributed by atoms with E-state index in [0.717, 1.165) is 99.0 Å². The number of imide groups is 2. The molecular weight excluding hydrogens is 787 g/mol. The molecule has 1 saturated carbocycles. The van der Waals surface area contributed by atoms with E-state index in [1.807, 2.05) is 42.7 Å². The molecule has 0 unspecified atom stereocenters. The van der Waals surface area contributed by atoms with Crippen LogP contribution in [0.1, 0.15) is 70.8 Å². The minimum Gasteiger partial charge on any atom is -0.372 e. The summed E-state index contributed by atoms with van der Waals surface area (Å²) in [5.41, 5.74) is 6.14. The summed E-state index contributed by atoms with van der Waals surface area (Å²) in [6.45, 7) is 6.51. The number of hydrogen-bond acceptors (Lipinski definition) is 12. The number of piperidine rings is 2. The third-order valence-electron chi connectivity index (χ3n) is 13.2. The highest BCUT2D eigenvalue weighted by Gasteiger charge is 2.45. The zero-order valence-electron chi connectivity index (χ0n) is 34.4. The number of carbonyl (C=O) groups excluding carboxylic acids is 5. The summed E-state index contributed by atoms with van der Waals surface area (Å²) >= 11 is 0. The van der Waals surface area contributed by atoms with Gasteiger partial charge in [0.05, 0.1) is 23.9 Å². The standard InChI is InChI=1S/C46H49N11O5/c58-39-13-12-38(44(60)52-39)57-45(61)36-11-10-34(25-37(36)46(57)62)55-20-18-53(19-21-55)26-30-14-16-54(17-15-30)33-8-6-31(7-9-33)51-42-41-43(48-27-47-42)56(28-49-41)35-23-32(24-35)50-40(59)22-29-4-2-1-3-5-29/h1-11,25,27-28,30,32,35,38H,12-24,26H2,(H,50,59)(H,47,48,51)(H,52,58,60)/t32?,35?,38-/m0/s1. The van der Waals surface area contributed by atoms with Crippen LogP contribution in [0.5, 0.6) is 0 Å². The summed E-state index contributed by atoms with van der Waals surface area (Å²) in [6, 6.07) is 23.0. The number of carbonyl (C=O) groups is 5. The number of aromatic nitrogens is 4.